The molecule has 8 heteroatoms. The van der Waals surface area contributed by atoms with E-state index in [9.17, 15) is 0 Å². The number of hydrogen-bond acceptors (Lipinski definition) is 7. The Labute approximate surface area is 173 Å². The molecule has 5 heterocycles. The minimum Gasteiger partial charge on any atom is -0.436 e. The Bertz CT molecular complexity index is 1370. The van der Waals surface area contributed by atoms with Gasteiger partial charge >= 0.3 is 6.85 Å². The molecule has 0 saturated heterocycles. The van der Waals surface area contributed by atoms with Crippen LogP contribution in [0.4, 0.5) is 17.3 Å². The lowest BCUT2D eigenvalue weighted by Crippen LogP contribution is -2.55. The van der Waals surface area contributed by atoms with E-state index in [2.05, 4.69) is 61.6 Å². The summed E-state index contributed by atoms with van der Waals surface area (Å²) in [6.45, 7) is 4.43. The Kier molecular flexibility index (Phi) is 3.62. The zero-order valence-electron chi connectivity index (χ0n) is 16.7. The average Bonchev–Trinajstić information content (AvgIpc) is 3.28. The number of para-hydroxylation sites is 1. The van der Waals surface area contributed by atoms with Crippen molar-refractivity contribution in [2.24, 2.45) is 0 Å². The van der Waals surface area contributed by atoms with E-state index in [4.69, 9.17) is 4.42 Å². The summed E-state index contributed by atoms with van der Waals surface area (Å²) in [4.78, 5) is 18.1. The Morgan fingerprint density at radius 3 is 2.57 bits per heavy atom. The standard InChI is InChI=1S/C22H19BN6O/c1-15-28(16-7-4-3-5-8-16)20-21(25-12-11-24-20)29(15)27-14-19-18(13-23(27)2)17-9-6-10-26-22(17)30-19/h3-15H,1-2H3/t15-/m0/s1. The highest BCUT2D eigenvalue weighted by molar-refractivity contribution is 6.70. The topological polar surface area (TPSA) is 61.5 Å². The Morgan fingerprint density at radius 1 is 0.933 bits per heavy atom. The summed E-state index contributed by atoms with van der Waals surface area (Å²) in [6.07, 6.45) is 7.27. The fourth-order valence-corrected chi connectivity index (χ4v) is 4.40. The van der Waals surface area contributed by atoms with E-state index in [0.717, 1.165) is 33.3 Å². The normalized spacial score (nSPS) is 17.6. The number of fused-ring (bicyclic) bond motifs is 4. The summed E-state index contributed by atoms with van der Waals surface area (Å²) < 4.78 is 6.05. The number of aromatic nitrogens is 3. The van der Waals surface area contributed by atoms with Gasteiger partial charge in [0, 0.05) is 34.9 Å². The van der Waals surface area contributed by atoms with Crippen LogP contribution >= 0.6 is 0 Å². The third-order valence-electron chi connectivity index (χ3n) is 5.72. The van der Waals surface area contributed by atoms with Crippen LogP contribution in [0.5, 0.6) is 0 Å². The average molecular weight is 394 g/mol. The first kappa shape index (κ1) is 17.1. The lowest BCUT2D eigenvalue weighted by Gasteiger charge is -2.39. The molecule has 0 saturated carbocycles. The van der Waals surface area contributed by atoms with Gasteiger partial charge in [0.25, 0.3) is 0 Å². The van der Waals surface area contributed by atoms with E-state index < -0.39 is 0 Å². The maximum absolute atomic E-state index is 6.05. The van der Waals surface area contributed by atoms with Gasteiger partial charge in [0.15, 0.2) is 17.1 Å². The summed E-state index contributed by atoms with van der Waals surface area (Å²) in [7, 11) is 0. The molecule has 0 bridgehead atoms. The summed E-state index contributed by atoms with van der Waals surface area (Å²) in [5.74, 6) is 3.88. The Morgan fingerprint density at radius 2 is 1.73 bits per heavy atom. The smallest absolute Gasteiger partial charge is 0.304 e. The molecule has 2 aliphatic heterocycles. The monoisotopic (exact) mass is 394 g/mol. The van der Waals surface area contributed by atoms with E-state index in [1.54, 1.807) is 18.6 Å². The maximum atomic E-state index is 6.05. The van der Waals surface area contributed by atoms with E-state index in [1.165, 1.54) is 0 Å². The molecule has 0 fully saturated rings. The number of benzene rings is 1. The van der Waals surface area contributed by atoms with Gasteiger partial charge in [0.2, 0.25) is 5.71 Å². The molecule has 0 aliphatic carbocycles. The molecular weight excluding hydrogens is 375 g/mol. The highest BCUT2D eigenvalue weighted by atomic mass is 16.3. The first-order chi connectivity index (χ1) is 14.7. The number of nitrogens with zero attached hydrogens (tertiary/aromatic N) is 6. The van der Waals surface area contributed by atoms with E-state index in [0.29, 0.717) is 5.71 Å². The van der Waals surface area contributed by atoms with Crippen molar-refractivity contribution in [2.45, 2.75) is 19.9 Å². The van der Waals surface area contributed by atoms with Crippen LogP contribution in [0.3, 0.4) is 0 Å². The first-order valence-electron chi connectivity index (χ1n) is 10.0. The zero-order valence-corrected chi connectivity index (χ0v) is 16.7. The van der Waals surface area contributed by atoms with Crippen molar-refractivity contribution in [3.8, 4) is 0 Å². The van der Waals surface area contributed by atoms with Gasteiger partial charge in [-0.1, -0.05) is 31.0 Å². The molecule has 1 aromatic carbocycles. The van der Waals surface area contributed by atoms with Crippen LogP contribution in [-0.2, 0) is 0 Å². The van der Waals surface area contributed by atoms with Crippen LogP contribution in [0.15, 0.2) is 65.5 Å². The van der Waals surface area contributed by atoms with Crippen LogP contribution < -0.4 is 20.5 Å². The third-order valence-corrected chi connectivity index (χ3v) is 5.72. The molecule has 146 valence electrons. The minimum atomic E-state index is -0.0130. The van der Waals surface area contributed by atoms with Crippen LogP contribution in [0.25, 0.3) is 23.3 Å². The van der Waals surface area contributed by atoms with Crippen LogP contribution in [0, 0.1) is 0 Å². The summed E-state index contributed by atoms with van der Waals surface area (Å²) in [5.41, 5.74) is 2.54. The van der Waals surface area contributed by atoms with Crippen molar-refractivity contribution < 1.29 is 4.42 Å². The fourth-order valence-electron chi connectivity index (χ4n) is 4.40. The molecule has 1 atom stereocenters. The second-order valence-corrected chi connectivity index (χ2v) is 7.54. The van der Waals surface area contributed by atoms with Gasteiger partial charge in [-0.3, -0.25) is 5.01 Å². The highest BCUT2D eigenvalue weighted by Crippen LogP contribution is 2.42. The molecular formula is C22H19BN6O. The van der Waals surface area contributed by atoms with Crippen LogP contribution in [-0.4, -0.2) is 32.9 Å². The van der Waals surface area contributed by atoms with Gasteiger partial charge < -0.3 is 14.2 Å². The molecule has 2 aliphatic rings. The molecule has 0 spiro atoms. The van der Waals surface area contributed by atoms with Crippen LogP contribution in [0.1, 0.15) is 6.92 Å². The molecule has 0 N–H and O–H groups in total. The lowest BCUT2D eigenvalue weighted by molar-refractivity contribution is 0.479. The molecule has 6 rings (SSSR count). The van der Waals surface area contributed by atoms with Crippen molar-refractivity contribution in [1.82, 2.24) is 19.9 Å². The molecule has 0 amide bonds. The minimum absolute atomic E-state index is 0.0130. The van der Waals surface area contributed by atoms with Crippen molar-refractivity contribution in [3.05, 3.63) is 71.7 Å². The van der Waals surface area contributed by atoms with Gasteiger partial charge in [0.1, 0.15) is 6.17 Å². The number of rotatable bonds is 2. The highest BCUT2D eigenvalue weighted by Gasteiger charge is 2.41. The van der Waals surface area contributed by atoms with E-state index in [-0.39, 0.29) is 13.0 Å². The molecule has 30 heavy (non-hydrogen) atoms. The van der Waals surface area contributed by atoms with E-state index >= 15 is 0 Å². The third kappa shape index (κ3) is 2.36. The van der Waals surface area contributed by atoms with Crippen molar-refractivity contribution in [1.29, 1.82) is 0 Å². The molecule has 4 aromatic rings. The predicted molar refractivity (Wildman–Crippen MR) is 118 cm³/mol. The Hall–Kier alpha value is -3.81. The number of hydrogen-bond donors (Lipinski definition) is 0. The largest absolute Gasteiger partial charge is 0.436 e. The van der Waals surface area contributed by atoms with Gasteiger partial charge in [-0.25, -0.2) is 15.0 Å². The number of hydrazine groups is 1. The van der Waals surface area contributed by atoms with Crippen LogP contribution in [0.2, 0.25) is 6.82 Å². The quantitative estimate of drug-likeness (QED) is 0.484. The summed E-state index contributed by atoms with van der Waals surface area (Å²) >= 11 is 0. The van der Waals surface area contributed by atoms with E-state index in [1.807, 2.05) is 36.5 Å². The van der Waals surface area contributed by atoms with Gasteiger partial charge in [-0.05, 0) is 31.2 Å². The Balaban J connectivity index is 1.51. The number of furan rings is 1. The fraction of sp³-hybridized carbons (Fsp3) is 0.136. The summed E-state index contributed by atoms with van der Waals surface area (Å²) in [5, 5.41) is 4.31. The molecule has 3 aromatic heterocycles. The number of anilines is 3. The second-order valence-electron chi connectivity index (χ2n) is 7.54. The van der Waals surface area contributed by atoms with Gasteiger partial charge in [-0.2, -0.15) is 0 Å². The van der Waals surface area contributed by atoms with Crippen molar-refractivity contribution >= 4 is 47.4 Å². The van der Waals surface area contributed by atoms with Gasteiger partial charge in [-0.15, -0.1) is 0 Å². The summed E-state index contributed by atoms with van der Waals surface area (Å²) in [6, 6.07) is 14.3. The lowest BCUT2D eigenvalue weighted by atomic mass is 9.63. The molecule has 7 nitrogen and oxygen atoms in total. The first-order valence-corrected chi connectivity index (χ1v) is 10.0. The SMILES string of the molecule is CB1C=c2c(oc3ncccc23)=CN1N1c2nccnc2N(c2ccccc2)[C@@H]1C. The number of pyridine rings is 1. The second kappa shape index (κ2) is 6.35. The van der Waals surface area contributed by atoms with Crippen molar-refractivity contribution in [3.63, 3.8) is 0 Å². The predicted octanol–water partition coefficient (Wildman–Crippen LogP) is 2.53. The molecule has 0 radical (unpaired) electrons. The maximum Gasteiger partial charge on any atom is 0.304 e. The van der Waals surface area contributed by atoms with Gasteiger partial charge in [0.05, 0.1) is 6.20 Å². The van der Waals surface area contributed by atoms with Crippen molar-refractivity contribution in [2.75, 3.05) is 9.91 Å². The molecule has 0 unspecified atom stereocenters. The zero-order chi connectivity index (χ0) is 20.2.